The fourth-order valence-corrected chi connectivity index (χ4v) is 0.653. The van der Waals surface area contributed by atoms with Crippen molar-refractivity contribution in [3.8, 4) is 0 Å². The van der Waals surface area contributed by atoms with Gasteiger partial charge < -0.3 is 10.1 Å². The van der Waals surface area contributed by atoms with E-state index in [4.69, 9.17) is 5.11 Å². The van der Waals surface area contributed by atoms with Gasteiger partial charge in [-0.25, -0.2) is 9.78 Å². The quantitative estimate of drug-likeness (QED) is 0.711. The van der Waals surface area contributed by atoms with Crippen LogP contribution in [0.4, 0.5) is 8.78 Å². The summed E-state index contributed by atoms with van der Waals surface area (Å²) >= 11 is 0. The largest absolute Gasteiger partial charge is 0.477 e. The Hall–Kier alpha value is -1.46. The zero-order chi connectivity index (χ0) is 9.35. The van der Waals surface area contributed by atoms with E-state index in [1.54, 1.807) is 0 Å². The van der Waals surface area contributed by atoms with Crippen LogP contribution in [0.1, 0.15) is 23.2 Å². The molecular formula is C6H6F2N2O2. The molecule has 0 unspecified atom stereocenters. The third kappa shape index (κ3) is 1.58. The molecule has 0 aliphatic rings. The second-order valence-electron chi connectivity index (χ2n) is 2.34. The van der Waals surface area contributed by atoms with Gasteiger partial charge in [0, 0.05) is 6.92 Å². The van der Waals surface area contributed by atoms with Gasteiger partial charge in [-0.1, -0.05) is 0 Å². The van der Waals surface area contributed by atoms with E-state index in [1.165, 1.54) is 0 Å². The predicted molar refractivity (Wildman–Crippen MR) is 35.1 cm³/mol. The molecule has 4 nitrogen and oxygen atoms in total. The molecule has 2 N–H and O–H groups in total. The molecule has 1 heterocycles. The van der Waals surface area contributed by atoms with E-state index in [0.717, 1.165) is 6.20 Å². The van der Waals surface area contributed by atoms with E-state index in [9.17, 15) is 13.6 Å². The summed E-state index contributed by atoms with van der Waals surface area (Å²) in [5, 5.41) is 8.35. The van der Waals surface area contributed by atoms with E-state index in [1.807, 2.05) is 4.98 Å². The third-order valence-electron chi connectivity index (χ3n) is 1.22. The molecule has 0 aliphatic carbocycles. The number of alkyl halides is 2. The van der Waals surface area contributed by atoms with Gasteiger partial charge >= 0.3 is 11.9 Å². The number of rotatable bonds is 2. The molecule has 66 valence electrons. The molecule has 1 rings (SSSR count). The maximum atomic E-state index is 12.4. The molecule has 0 radical (unpaired) electrons. The summed E-state index contributed by atoms with van der Waals surface area (Å²) < 4.78 is 24.9. The lowest BCUT2D eigenvalue weighted by atomic mass is 10.4. The highest BCUT2D eigenvalue weighted by Gasteiger charge is 2.28. The summed E-state index contributed by atoms with van der Waals surface area (Å²) in [6.45, 7) is 0.636. The second-order valence-corrected chi connectivity index (χ2v) is 2.34. The molecule has 0 atom stereocenters. The Morgan fingerprint density at radius 3 is 2.58 bits per heavy atom. The van der Waals surface area contributed by atoms with Crippen LogP contribution in [0.25, 0.3) is 0 Å². The van der Waals surface area contributed by atoms with Gasteiger partial charge in [-0.2, -0.15) is 8.78 Å². The van der Waals surface area contributed by atoms with E-state index in [-0.39, 0.29) is 5.69 Å². The molecule has 0 spiro atoms. The van der Waals surface area contributed by atoms with Crippen LogP contribution in [0.5, 0.6) is 0 Å². The first kappa shape index (κ1) is 8.63. The minimum atomic E-state index is -3.13. The molecule has 0 bridgehead atoms. The molecule has 1 aromatic rings. The fraction of sp³-hybridized carbons (Fsp3) is 0.333. The van der Waals surface area contributed by atoms with Crippen molar-refractivity contribution >= 4 is 5.97 Å². The van der Waals surface area contributed by atoms with Crippen LogP contribution in [0.15, 0.2) is 6.20 Å². The van der Waals surface area contributed by atoms with Crippen molar-refractivity contribution in [1.82, 2.24) is 9.97 Å². The average molecular weight is 176 g/mol. The van der Waals surface area contributed by atoms with Crippen molar-refractivity contribution in [3.63, 3.8) is 0 Å². The lowest BCUT2D eigenvalue weighted by Gasteiger charge is -2.04. The number of halogens is 2. The highest BCUT2D eigenvalue weighted by Crippen LogP contribution is 2.23. The van der Waals surface area contributed by atoms with E-state index in [0.29, 0.717) is 6.92 Å². The lowest BCUT2D eigenvalue weighted by Crippen LogP contribution is -2.09. The molecule has 6 heteroatoms. The Morgan fingerprint density at radius 2 is 2.33 bits per heavy atom. The first-order valence-electron chi connectivity index (χ1n) is 3.08. The number of carboxylic acid groups (broad SMARTS) is 1. The van der Waals surface area contributed by atoms with Gasteiger partial charge in [0.05, 0.1) is 6.20 Å². The summed E-state index contributed by atoms with van der Waals surface area (Å²) in [4.78, 5) is 15.4. The van der Waals surface area contributed by atoms with Gasteiger partial charge in [0.15, 0.2) is 5.82 Å². The highest BCUT2D eigenvalue weighted by molar-refractivity contribution is 5.85. The molecular weight excluding hydrogens is 170 g/mol. The Kier molecular flexibility index (Phi) is 1.83. The summed E-state index contributed by atoms with van der Waals surface area (Å²) in [6.07, 6.45) is 0.856. The van der Waals surface area contributed by atoms with Gasteiger partial charge in [-0.05, 0) is 0 Å². The standard InChI is InChI=1S/C6H6F2N2O2/c1-6(7,8)5-9-2-3(10-5)4(11)12/h2H,1H3,(H,9,10)(H,11,12). The van der Waals surface area contributed by atoms with Crippen LogP contribution in [0.3, 0.4) is 0 Å². The van der Waals surface area contributed by atoms with Crippen LogP contribution < -0.4 is 0 Å². The maximum absolute atomic E-state index is 12.4. The van der Waals surface area contributed by atoms with Crippen molar-refractivity contribution in [2.75, 3.05) is 0 Å². The number of aromatic nitrogens is 2. The van der Waals surface area contributed by atoms with Crippen molar-refractivity contribution < 1.29 is 18.7 Å². The summed E-state index contributed by atoms with van der Waals surface area (Å²) in [5.74, 6) is -5.08. The van der Waals surface area contributed by atoms with Gasteiger partial charge in [0.25, 0.3) is 0 Å². The average Bonchev–Trinajstić information content (AvgIpc) is 2.30. The zero-order valence-electron chi connectivity index (χ0n) is 6.14. The number of carboxylic acids is 1. The Morgan fingerprint density at radius 1 is 1.75 bits per heavy atom. The van der Waals surface area contributed by atoms with E-state index in [2.05, 4.69) is 4.98 Å². The number of imidazole rings is 1. The van der Waals surface area contributed by atoms with E-state index < -0.39 is 17.7 Å². The topological polar surface area (TPSA) is 66.0 Å². The van der Waals surface area contributed by atoms with Gasteiger partial charge in [-0.3, -0.25) is 0 Å². The number of H-pyrrole nitrogens is 1. The Balaban J connectivity index is 3.00. The van der Waals surface area contributed by atoms with Crippen molar-refractivity contribution in [2.24, 2.45) is 0 Å². The monoisotopic (exact) mass is 176 g/mol. The van der Waals surface area contributed by atoms with Crippen LogP contribution in [-0.4, -0.2) is 21.0 Å². The lowest BCUT2D eigenvalue weighted by molar-refractivity contribution is 0.00848. The molecule has 0 fully saturated rings. The van der Waals surface area contributed by atoms with Gasteiger partial charge in [0.1, 0.15) is 5.69 Å². The molecule has 12 heavy (non-hydrogen) atoms. The minimum Gasteiger partial charge on any atom is -0.477 e. The summed E-state index contributed by atoms with van der Waals surface area (Å²) in [6, 6.07) is 0. The third-order valence-corrected chi connectivity index (χ3v) is 1.22. The van der Waals surface area contributed by atoms with Crippen LogP contribution in [0, 0.1) is 0 Å². The van der Waals surface area contributed by atoms with E-state index >= 15 is 0 Å². The van der Waals surface area contributed by atoms with Crippen LogP contribution >= 0.6 is 0 Å². The predicted octanol–water partition coefficient (Wildman–Crippen LogP) is 1.22. The number of aromatic carboxylic acids is 1. The Bertz CT molecular complexity index is 303. The number of nitrogens with zero attached hydrogens (tertiary/aromatic N) is 1. The molecule has 0 aliphatic heterocycles. The van der Waals surface area contributed by atoms with Crippen molar-refractivity contribution in [3.05, 3.63) is 17.7 Å². The summed E-state index contributed by atoms with van der Waals surface area (Å²) in [7, 11) is 0. The number of hydrogen-bond acceptors (Lipinski definition) is 2. The molecule has 0 saturated carbocycles. The van der Waals surface area contributed by atoms with Crippen molar-refractivity contribution in [1.29, 1.82) is 0 Å². The van der Waals surface area contributed by atoms with Crippen LogP contribution in [-0.2, 0) is 5.92 Å². The molecule has 0 aromatic carbocycles. The first-order valence-corrected chi connectivity index (χ1v) is 3.08. The zero-order valence-corrected chi connectivity index (χ0v) is 6.14. The Labute approximate surface area is 66.2 Å². The number of carbonyl (C=O) groups is 1. The summed E-state index contributed by atoms with van der Waals surface area (Å²) in [5.41, 5.74) is -0.341. The number of nitrogens with one attached hydrogen (secondary N) is 1. The minimum absolute atomic E-state index is 0.341. The normalized spacial score (nSPS) is 11.6. The van der Waals surface area contributed by atoms with Gasteiger partial charge in [-0.15, -0.1) is 0 Å². The fourth-order valence-electron chi connectivity index (χ4n) is 0.653. The SMILES string of the molecule is CC(F)(F)c1ncc(C(=O)O)[nH]1. The molecule has 0 amide bonds. The number of hydrogen-bond donors (Lipinski definition) is 2. The highest BCUT2D eigenvalue weighted by atomic mass is 19.3. The van der Waals surface area contributed by atoms with Crippen molar-refractivity contribution in [2.45, 2.75) is 12.8 Å². The number of aromatic amines is 1. The van der Waals surface area contributed by atoms with Gasteiger partial charge in [0.2, 0.25) is 0 Å². The van der Waals surface area contributed by atoms with Crippen LogP contribution in [0.2, 0.25) is 0 Å². The molecule has 0 saturated heterocycles. The smallest absolute Gasteiger partial charge is 0.353 e. The molecule has 1 aromatic heterocycles. The second kappa shape index (κ2) is 2.54. The maximum Gasteiger partial charge on any atom is 0.353 e. The first-order chi connectivity index (χ1) is 5.41.